The first-order valence-corrected chi connectivity index (χ1v) is 6.38. The number of pyridine rings is 2. The summed E-state index contributed by atoms with van der Waals surface area (Å²) in [5.74, 6) is 0.192. The summed E-state index contributed by atoms with van der Waals surface area (Å²) in [6.07, 6.45) is 4.41. The summed E-state index contributed by atoms with van der Waals surface area (Å²) in [6, 6.07) is 5.14. The van der Waals surface area contributed by atoms with Crippen molar-refractivity contribution < 1.29 is 9.53 Å². The third-order valence-electron chi connectivity index (χ3n) is 3.48. The Labute approximate surface area is 116 Å². The highest BCUT2D eigenvalue weighted by molar-refractivity contribution is 5.92. The maximum atomic E-state index is 11.5. The number of carbonyl (C=O) groups is 1. The van der Waals surface area contributed by atoms with E-state index in [9.17, 15) is 4.79 Å². The maximum Gasteiger partial charge on any atom is 0.240 e. The molecule has 1 amide bonds. The largest absolute Gasteiger partial charge is 0.481 e. The second kappa shape index (κ2) is 4.96. The van der Waals surface area contributed by atoms with Gasteiger partial charge in [-0.1, -0.05) is 0 Å². The molecule has 6 heteroatoms. The SMILES string of the molecule is COc1ccc2nccc(N3C[CH]CC3C(N)=O)c2n1. The average molecular weight is 271 g/mol. The number of primary amides is 1. The van der Waals surface area contributed by atoms with E-state index in [-0.39, 0.29) is 11.9 Å². The first-order chi connectivity index (χ1) is 9.70. The smallest absolute Gasteiger partial charge is 0.240 e. The zero-order valence-electron chi connectivity index (χ0n) is 11.1. The first-order valence-electron chi connectivity index (χ1n) is 6.38. The van der Waals surface area contributed by atoms with Gasteiger partial charge < -0.3 is 15.4 Å². The number of amides is 1. The van der Waals surface area contributed by atoms with Crippen LogP contribution in [0.1, 0.15) is 6.42 Å². The molecule has 0 aliphatic carbocycles. The first kappa shape index (κ1) is 12.7. The van der Waals surface area contributed by atoms with E-state index in [1.165, 1.54) is 0 Å². The molecule has 2 aromatic heterocycles. The van der Waals surface area contributed by atoms with Crippen molar-refractivity contribution in [1.29, 1.82) is 0 Å². The van der Waals surface area contributed by atoms with Crippen molar-refractivity contribution in [1.82, 2.24) is 9.97 Å². The Bertz CT molecular complexity index is 659. The van der Waals surface area contributed by atoms with Crippen LogP contribution in [0.4, 0.5) is 5.69 Å². The lowest BCUT2D eigenvalue weighted by Gasteiger charge is -2.25. The summed E-state index contributed by atoms with van der Waals surface area (Å²) in [6.45, 7) is 0.672. The molecule has 1 atom stereocenters. The summed E-state index contributed by atoms with van der Waals surface area (Å²) in [5, 5.41) is 0. The number of aromatic nitrogens is 2. The fraction of sp³-hybridized carbons (Fsp3) is 0.286. The molecule has 1 saturated heterocycles. The molecule has 0 saturated carbocycles. The minimum Gasteiger partial charge on any atom is -0.481 e. The molecule has 1 unspecified atom stereocenters. The van der Waals surface area contributed by atoms with Gasteiger partial charge in [0.25, 0.3) is 0 Å². The van der Waals surface area contributed by atoms with Crippen LogP contribution < -0.4 is 15.4 Å². The number of nitrogens with zero attached hydrogens (tertiary/aromatic N) is 3. The molecular weight excluding hydrogens is 256 g/mol. The summed E-state index contributed by atoms with van der Waals surface area (Å²) in [5.41, 5.74) is 7.80. The van der Waals surface area contributed by atoms with Crippen molar-refractivity contribution >= 4 is 22.6 Å². The van der Waals surface area contributed by atoms with Gasteiger partial charge in [-0.25, -0.2) is 4.98 Å². The van der Waals surface area contributed by atoms with Crippen LogP contribution in [0.3, 0.4) is 0 Å². The Balaban J connectivity index is 2.13. The van der Waals surface area contributed by atoms with Crippen LogP contribution in [0, 0.1) is 6.42 Å². The van der Waals surface area contributed by atoms with Gasteiger partial charge in [-0.15, -0.1) is 0 Å². The molecule has 1 aliphatic rings. The van der Waals surface area contributed by atoms with E-state index in [4.69, 9.17) is 10.5 Å². The predicted molar refractivity (Wildman–Crippen MR) is 75.3 cm³/mol. The molecule has 2 aromatic rings. The second-order valence-electron chi connectivity index (χ2n) is 4.65. The Kier molecular flexibility index (Phi) is 3.14. The minimum atomic E-state index is -0.327. The number of rotatable bonds is 3. The molecule has 0 spiro atoms. The standard InChI is InChI=1S/C14H15N4O2/c1-20-12-5-4-9-13(17-12)10(6-7-16-9)18-8-2-3-11(18)14(15)19/h2,4-7,11H,3,8H2,1H3,(H2,15,19). The third-order valence-corrected chi connectivity index (χ3v) is 3.48. The molecule has 1 radical (unpaired) electrons. The van der Waals surface area contributed by atoms with Gasteiger partial charge in [-0.2, -0.15) is 0 Å². The molecular formula is C14H15N4O2. The fourth-order valence-corrected chi connectivity index (χ4v) is 2.50. The quantitative estimate of drug-likeness (QED) is 0.897. The fourth-order valence-electron chi connectivity index (χ4n) is 2.50. The van der Waals surface area contributed by atoms with E-state index in [0.29, 0.717) is 24.4 Å². The number of ether oxygens (including phenoxy) is 1. The summed E-state index contributed by atoms with van der Waals surface area (Å²) < 4.78 is 5.16. The van der Waals surface area contributed by atoms with E-state index < -0.39 is 0 Å². The van der Waals surface area contributed by atoms with E-state index in [0.717, 1.165) is 11.2 Å². The number of hydrogen-bond donors (Lipinski definition) is 1. The van der Waals surface area contributed by atoms with Gasteiger partial charge in [-0.05, 0) is 25.0 Å². The Hall–Kier alpha value is -2.37. The van der Waals surface area contributed by atoms with Gasteiger partial charge in [0.05, 0.1) is 18.3 Å². The van der Waals surface area contributed by atoms with Gasteiger partial charge in [-0.3, -0.25) is 9.78 Å². The summed E-state index contributed by atoms with van der Waals surface area (Å²) >= 11 is 0. The topological polar surface area (TPSA) is 81.3 Å². The van der Waals surface area contributed by atoms with E-state index >= 15 is 0 Å². The van der Waals surface area contributed by atoms with Gasteiger partial charge in [0.2, 0.25) is 11.8 Å². The normalized spacial score (nSPS) is 18.4. The molecule has 103 valence electrons. The van der Waals surface area contributed by atoms with Crippen molar-refractivity contribution in [3.63, 3.8) is 0 Å². The number of nitrogens with two attached hydrogens (primary N) is 1. The molecule has 2 N–H and O–H groups in total. The molecule has 3 heterocycles. The van der Waals surface area contributed by atoms with Gasteiger partial charge in [0.1, 0.15) is 11.6 Å². The highest BCUT2D eigenvalue weighted by Gasteiger charge is 2.30. The van der Waals surface area contributed by atoms with Crippen LogP contribution in [0.5, 0.6) is 5.88 Å². The monoisotopic (exact) mass is 271 g/mol. The highest BCUT2D eigenvalue weighted by atomic mass is 16.5. The van der Waals surface area contributed by atoms with Gasteiger partial charge in [0, 0.05) is 18.8 Å². The Morgan fingerprint density at radius 1 is 1.45 bits per heavy atom. The van der Waals surface area contributed by atoms with Gasteiger partial charge >= 0.3 is 0 Å². The third kappa shape index (κ3) is 2.03. The lowest BCUT2D eigenvalue weighted by Crippen LogP contribution is -2.40. The molecule has 6 nitrogen and oxygen atoms in total. The number of hydrogen-bond acceptors (Lipinski definition) is 5. The van der Waals surface area contributed by atoms with Crippen molar-refractivity contribution in [3.05, 3.63) is 30.8 Å². The molecule has 0 aromatic carbocycles. The van der Waals surface area contributed by atoms with Crippen LogP contribution in [-0.2, 0) is 4.79 Å². The van der Waals surface area contributed by atoms with Gasteiger partial charge in [0.15, 0.2) is 0 Å². The lowest BCUT2D eigenvalue weighted by molar-refractivity contribution is -0.119. The Morgan fingerprint density at radius 3 is 3.05 bits per heavy atom. The highest BCUT2D eigenvalue weighted by Crippen LogP contribution is 2.30. The summed E-state index contributed by atoms with van der Waals surface area (Å²) in [4.78, 5) is 22.2. The summed E-state index contributed by atoms with van der Waals surface area (Å²) in [7, 11) is 1.57. The Morgan fingerprint density at radius 2 is 2.30 bits per heavy atom. The minimum absolute atomic E-state index is 0.325. The van der Waals surface area contributed by atoms with Crippen LogP contribution in [0.15, 0.2) is 24.4 Å². The molecule has 1 aliphatic heterocycles. The number of fused-ring (bicyclic) bond motifs is 1. The van der Waals surface area contributed by atoms with Crippen molar-refractivity contribution in [2.24, 2.45) is 5.73 Å². The van der Waals surface area contributed by atoms with Crippen LogP contribution in [0.2, 0.25) is 0 Å². The van der Waals surface area contributed by atoms with Crippen molar-refractivity contribution in [2.75, 3.05) is 18.6 Å². The number of methoxy groups -OCH3 is 1. The number of anilines is 1. The molecule has 1 fully saturated rings. The molecule has 0 bridgehead atoms. The number of carbonyl (C=O) groups excluding carboxylic acids is 1. The second-order valence-corrected chi connectivity index (χ2v) is 4.65. The van der Waals surface area contributed by atoms with Crippen LogP contribution in [-0.4, -0.2) is 35.6 Å². The van der Waals surface area contributed by atoms with E-state index in [2.05, 4.69) is 9.97 Å². The maximum absolute atomic E-state index is 11.5. The molecule has 3 rings (SSSR count). The zero-order chi connectivity index (χ0) is 14.1. The van der Waals surface area contributed by atoms with Crippen molar-refractivity contribution in [2.45, 2.75) is 12.5 Å². The van der Waals surface area contributed by atoms with Crippen LogP contribution in [0.25, 0.3) is 11.0 Å². The van der Waals surface area contributed by atoms with E-state index in [1.807, 2.05) is 23.5 Å². The lowest BCUT2D eigenvalue weighted by atomic mass is 10.2. The molecule has 20 heavy (non-hydrogen) atoms. The zero-order valence-corrected chi connectivity index (χ0v) is 11.1. The van der Waals surface area contributed by atoms with Crippen LogP contribution >= 0.6 is 0 Å². The van der Waals surface area contributed by atoms with Crippen molar-refractivity contribution in [3.8, 4) is 5.88 Å². The average Bonchev–Trinajstić information content (AvgIpc) is 2.95. The predicted octanol–water partition coefficient (Wildman–Crippen LogP) is 0.907. The van der Waals surface area contributed by atoms with E-state index in [1.54, 1.807) is 19.4 Å².